The van der Waals surface area contributed by atoms with E-state index >= 15 is 0 Å². The van der Waals surface area contributed by atoms with Gasteiger partial charge >= 0.3 is 5.97 Å². The second kappa shape index (κ2) is 7.30. The van der Waals surface area contributed by atoms with Crippen molar-refractivity contribution in [1.29, 1.82) is 0 Å². The van der Waals surface area contributed by atoms with Gasteiger partial charge in [0.1, 0.15) is 0 Å². The minimum atomic E-state index is -0.201. The monoisotopic (exact) mass is 255 g/mol. The maximum atomic E-state index is 11.3. The number of rotatable bonds is 6. The minimum Gasteiger partial charge on any atom is -0.468 e. The fraction of sp³-hybridized carbons (Fsp3) is 0.462. The Bertz CT molecular complexity index is 351. The van der Waals surface area contributed by atoms with Crippen LogP contribution in [0.15, 0.2) is 24.3 Å². The van der Waals surface area contributed by atoms with Gasteiger partial charge in [-0.15, -0.1) is 0 Å². The number of esters is 1. The number of hydrogen-bond acceptors (Lipinski definition) is 3. The molecule has 4 heteroatoms. The average Bonchev–Trinajstić information content (AvgIpc) is 2.32. The van der Waals surface area contributed by atoms with E-state index in [9.17, 15) is 4.79 Å². The summed E-state index contributed by atoms with van der Waals surface area (Å²) < 4.78 is 4.68. The maximum Gasteiger partial charge on any atom is 0.319 e. The quantitative estimate of drug-likeness (QED) is 0.732. The summed E-state index contributed by atoms with van der Waals surface area (Å²) in [4.78, 5) is 13.3. The molecule has 0 saturated carbocycles. The SMILES string of the molecule is CCCN(CC(=O)OC)Cc1ccc(Cl)cc1. The van der Waals surface area contributed by atoms with E-state index in [-0.39, 0.29) is 5.97 Å². The van der Waals surface area contributed by atoms with Gasteiger partial charge < -0.3 is 4.74 Å². The van der Waals surface area contributed by atoms with Crippen molar-refractivity contribution in [1.82, 2.24) is 4.90 Å². The first-order valence-electron chi connectivity index (χ1n) is 5.69. The zero-order chi connectivity index (χ0) is 12.7. The number of benzene rings is 1. The van der Waals surface area contributed by atoms with Gasteiger partial charge in [-0.2, -0.15) is 0 Å². The van der Waals surface area contributed by atoms with Gasteiger partial charge in [0.25, 0.3) is 0 Å². The van der Waals surface area contributed by atoms with Crippen LogP contribution in [0.2, 0.25) is 5.02 Å². The molecule has 0 radical (unpaired) electrons. The lowest BCUT2D eigenvalue weighted by Crippen LogP contribution is -2.30. The van der Waals surface area contributed by atoms with Crippen molar-refractivity contribution in [3.8, 4) is 0 Å². The molecule has 0 aliphatic rings. The number of hydrogen-bond donors (Lipinski definition) is 0. The van der Waals surface area contributed by atoms with Gasteiger partial charge in [-0.05, 0) is 30.7 Å². The van der Waals surface area contributed by atoms with Crippen LogP contribution in [0.4, 0.5) is 0 Å². The van der Waals surface area contributed by atoms with Crippen molar-refractivity contribution in [2.45, 2.75) is 19.9 Å². The van der Waals surface area contributed by atoms with Gasteiger partial charge in [0, 0.05) is 11.6 Å². The maximum absolute atomic E-state index is 11.3. The third-order valence-corrected chi connectivity index (χ3v) is 2.69. The highest BCUT2D eigenvalue weighted by Gasteiger charge is 2.10. The van der Waals surface area contributed by atoms with E-state index in [0.29, 0.717) is 6.54 Å². The molecule has 1 aromatic rings. The number of methoxy groups -OCH3 is 1. The van der Waals surface area contributed by atoms with E-state index in [0.717, 1.165) is 30.1 Å². The number of nitrogens with zero attached hydrogens (tertiary/aromatic N) is 1. The lowest BCUT2D eigenvalue weighted by molar-refractivity contribution is -0.142. The molecule has 0 atom stereocenters. The Morgan fingerprint density at radius 3 is 2.53 bits per heavy atom. The molecule has 0 aliphatic carbocycles. The van der Waals surface area contributed by atoms with Crippen molar-refractivity contribution >= 4 is 17.6 Å². The van der Waals surface area contributed by atoms with Gasteiger partial charge in [0.2, 0.25) is 0 Å². The van der Waals surface area contributed by atoms with Crippen LogP contribution in [-0.2, 0) is 16.1 Å². The average molecular weight is 256 g/mol. The fourth-order valence-electron chi connectivity index (χ4n) is 1.63. The number of carbonyl (C=O) groups excluding carboxylic acids is 1. The first-order chi connectivity index (χ1) is 8.15. The molecule has 17 heavy (non-hydrogen) atoms. The van der Waals surface area contributed by atoms with E-state index in [2.05, 4.69) is 16.6 Å². The molecule has 0 amide bonds. The van der Waals surface area contributed by atoms with Crippen LogP contribution in [0.25, 0.3) is 0 Å². The fourth-order valence-corrected chi connectivity index (χ4v) is 1.75. The molecule has 3 nitrogen and oxygen atoms in total. The van der Waals surface area contributed by atoms with Gasteiger partial charge in [-0.1, -0.05) is 30.7 Å². The summed E-state index contributed by atoms with van der Waals surface area (Å²) in [7, 11) is 1.41. The topological polar surface area (TPSA) is 29.5 Å². The lowest BCUT2D eigenvalue weighted by atomic mass is 10.2. The Balaban J connectivity index is 2.59. The molecule has 0 heterocycles. The summed E-state index contributed by atoms with van der Waals surface area (Å²) in [5, 5.41) is 0.726. The predicted molar refractivity (Wildman–Crippen MR) is 69.0 cm³/mol. The van der Waals surface area contributed by atoms with Crippen molar-refractivity contribution in [3.05, 3.63) is 34.9 Å². The molecular weight excluding hydrogens is 238 g/mol. The molecule has 0 unspecified atom stereocenters. The summed E-state index contributed by atoms with van der Waals surface area (Å²) in [6, 6.07) is 7.67. The molecule has 1 aromatic carbocycles. The third kappa shape index (κ3) is 5.20. The third-order valence-electron chi connectivity index (χ3n) is 2.44. The van der Waals surface area contributed by atoms with E-state index < -0.39 is 0 Å². The minimum absolute atomic E-state index is 0.201. The molecule has 0 N–H and O–H groups in total. The van der Waals surface area contributed by atoms with Crippen LogP contribution in [0.3, 0.4) is 0 Å². The van der Waals surface area contributed by atoms with Crippen LogP contribution >= 0.6 is 11.6 Å². The number of carbonyl (C=O) groups is 1. The lowest BCUT2D eigenvalue weighted by Gasteiger charge is -2.20. The summed E-state index contributed by atoms with van der Waals surface area (Å²) in [6.45, 7) is 4.02. The summed E-state index contributed by atoms with van der Waals surface area (Å²) in [5.74, 6) is -0.201. The smallest absolute Gasteiger partial charge is 0.319 e. The molecule has 0 bridgehead atoms. The Hall–Kier alpha value is -1.06. The molecule has 0 aromatic heterocycles. The van der Waals surface area contributed by atoms with Crippen LogP contribution in [-0.4, -0.2) is 31.1 Å². The first kappa shape index (κ1) is 14.0. The standard InChI is InChI=1S/C13H18ClNO2/c1-3-8-15(10-13(16)17-2)9-11-4-6-12(14)7-5-11/h4-7H,3,8-10H2,1-2H3. The number of ether oxygens (including phenoxy) is 1. The van der Waals surface area contributed by atoms with E-state index in [4.69, 9.17) is 11.6 Å². The van der Waals surface area contributed by atoms with Crippen molar-refractivity contribution < 1.29 is 9.53 Å². The van der Waals surface area contributed by atoms with Crippen molar-refractivity contribution in [3.63, 3.8) is 0 Å². The van der Waals surface area contributed by atoms with Crippen LogP contribution in [0, 0.1) is 0 Å². The van der Waals surface area contributed by atoms with Gasteiger partial charge in [-0.25, -0.2) is 0 Å². The van der Waals surface area contributed by atoms with E-state index in [1.54, 1.807) is 0 Å². The summed E-state index contributed by atoms with van der Waals surface area (Å²) >= 11 is 5.83. The molecule has 1 rings (SSSR count). The van der Waals surface area contributed by atoms with Crippen molar-refractivity contribution in [2.75, 3.05) is 20.2 Å². The molecular formula is C13H18ClNO2. The molecule has 0 spiro atoms. The predicted octanol–water partition coefficient (Wildman–Crippen LogP) is 2.73. The van der Waals surface area contributed by atoms with Crippen LogP contribution in [0.5, 0.6) is 0 Å². The number of halogens is 1. The van der Waals surface area contributed by atoms with Crippen molar-refractivity contribution in [2.24, 2.45) is 0 Å². The highest BCUT2D eigenvalue weighted by atomic mass is 35.5. The van der Waals surface area contributed by atoms with Gasteiger partial charge in [-0.3, -0.25) is 9.69 Å². The second-order valence-electron chi connectivity index (χ2n) is 3.91. The van der Waals surface area contributed by atoms with E-state index in [1.807, 2.05) is 24.3 Å². The summed E-state index contributed by atoms with van der Waals surface area (Å²) in [5.41, 5.74) is 1.15. The van der Waals surface area contributed by atoms with Gasteiger partial charge in [0.15, 0.2) is 0 Å². The van der Waals surface area contributed by atoms with Crippen LogP contribution in [0.1, 0.15) is 18.9 Å². The Kier molecular flexibility index (Phi) is 6.01. The second-order valence-corrected chi connectivity index (χ2v) is 4.35. The van der Waals surface area contributed by atoms with Gasteiger partial charge in [0.05, 0.1) is 13.7 Å². The zero-order valence-electron chi connectivity index (χ0n) is 10.3. The zero-order valence-corrected chi connectivity index (χ0v) is 11.0. The molecule has 94 valence electrons. The molecule has 0 saturated heterocycles. The first-order valence-corrected chi connectivity index (χ1v) is 6.07. The Morgan fingerprint density at radius 1 is 1.35 bits per heavy atom. The molecule has 0 aliphatic heterocycles. The Morgan fingerprint density at radius 2 is 2.00 bits per heavy atom. The summed E-state index contributed by atoms with van der Waals surface area (Å²) in [6.07, 6.45) is 1.00. The largest absolute Gasteiger partial charge is 0.468 e. The molecule has 0 fully saturated rings. The highest BCUT2D eigenvalue weighted by Crippen LogP contribution is 2.11. The van der Waals surface area contributed by atoms with Crippen LogP contribution < -0.4 is 0 Å². The van der Waals surface area contributed by atoms with E-state index in [1.165, 1.54) is 7.11 Å². The normalized spacial score (nSPS) is 10.6. The Labute approximate surface area is 107 Å². The highest BCUT2D eigenvalue weighted by molar-refractivity contribution is 6.30.